The van der Waals surface area contributed by atoms with Crippen LogP contribution in [0.25, 0.3) is 0 Å². The zero-order valence-corrected chi connectivity index (χ0v) is 13.2. The van der Waals surface area contributed by atoms with E-state index in [0.29, 0.717) is 11.8 Å². The Balaban J connectivity index is 1.80. The van der Waals surface area contributed by atoms with Gasteiger partial charge in [-0.2, -0.15) is 11.8 Å². The van der Waals surface area contributed by atoms with Crippen molar-refractivity contribution in [2.24, 2.45) is 5.92 Å². The fraction of sp³-hybridized carbons (Fsp3) is 0.929. The van der Waals surface area contributed by atoms with Gasteiger partial charge in [-0.05, 0) is 19.3 Å². The molecule has 2 aliphatic rings. The van der Waals surface area contributed by atoms with Gasteiger partial charge in [0.05, 0.1) is 12.2 Å². The van der Waals surface area contributed by atoms with Gasteiger partial charge in [0.2, 0.25) is 5.91 Å². The minimum atomic E-state index is 0.0342. The highest BCUT2D eigenvalue weighted by molar-refractivity contribution is 7.99. The van der Waals surface area contributed by atoms with E-state index < -0.39 is 0 Å². The van der Waals surface area contributed by atoms with Crippen LogP contribution >= 0.6 is 11.8 Å². The van der Waals surface area contributed by atoms with Crippen molar-refractivity contribution >= 4 is 17.7 Å². The molecule has 0 spiro atoms. The molecule has 2 aliphatic heterocycles. The van der Waals surface area contributed by atoms with E-state index >= 15 is 0 Å². The van der Waals surface area contributed by atoms with Gasteiger partial charge in [-0.25, -0.2) is 0 Å². The third-order valence-corrected chi connectivity index (χ3v) is 4.90. The minimum Gasteiger partial charge on any atom is -0.325 e. The largest absolute Gasteiger partial charge is 0.325 e. The maximum atomic E-state index is 12.4. The van der Waals surface area contributed by atoms with E-state index in [1.54, 1.807) is 0 Å². The van der Waals surface area contributed by atoms with Crippen molar-refractivity contribution in [2.75, 3.05) is 37.7 Å². The predicted octanol–water partition coefficient (Wildman–Crippen LogP) is 1.23. The molecule has 0 bridgehead atoms. The Labute approximate surface area is 121 Å². The van der Waals surface area contributed by atoms with Crippen molar-refractivity contribution in [3.63, 3.8) is 0 Å². The van der Waals surface area contributed by atoms with E-state index in [-0.39, 0.29) is 12.2 Å². The van der Waals surface area contributed by atoms with Crippen LogP contribution in [-0.2, 0) is 4.79 Å². The highest BCUT2D eigenvalue weighted by Gasteiger charge is 2.36. The predicted molar refractivity (Wildman–Crippen MR) is 81.3 cm³/mol. The molecule has 5 heteroatoms. The molecule has 2 fully saturated rings. The summed E-state index contributed by atoms with van der Waals surface area (Å²) in [5.74, 6) is 3.33. The minimum absolute atomic E-state index is 0.0342. The van der Waals surface area contributed by atoms with Gasteiger partial charge in [-0.3, -0.25) is 15.0 Å². The lowest BCUT2D eigenvalue weighted by atomic mass is 10.0. The maximum Gasteiger partial charge on any atom is 0.241 e. The summed E-state index contributed by atoms with van der Waals surface area (Å²) < 4.78 is 0. The SMILES string of the molecule is CC(C)CC1NC(C)N(CCN2CCSCC2)C1=O. The van der Waals surface area contributed by atoms with Crippen molar-refractivity contribution in [3.05, 3.63) is 0 Å². The monoisotopic (exact) mass is 285 g/mol. The highest BCUT2D eigenvalue weighted by atomic mass is 32.2. The van der Waals surface area contributed by atoms with E-state index in [9.17, 15) is 4.79 Å². The average Bonchev–Trinajstić information content (AvgIpc) is 2.63. The summed E-state index contributed by atoms with van der Waals surface area (Å²) in [5, 5.41) is 3.43. The third kappa shape index (κ3) is 4.10. The molecular formula is C14H27N3OS. The van der Waals surface area contributed by atoms with Crippen LogP contribution in [0.3, 0.4) is 0 Å². The van der Waals surface area contributed by atoms with E-state index in [2.05, 4.69) is 31.0 Å². The van der Waals surface area contributed by atoms with Crippen LogP contribution < -0.4 is 5.32 Å². The number of amides is 1. The number of hydrogen-bond acceptors (Lipinski definition) is 4. The first-order valence-electron chi connectivity index (χ1n) is 7.44. The summed E-state index contributed by atoms with van der Waals surface area (Å²) in [6.45, 7) is 10.7. The van der Waals surface area contributed by atoms with Crippen molar-refractivity contribution in [2.45, 2.75) is 39.4 Å². The molecule has 2 saturated heterocycles. The number of rotatable bonds is 5. The summed E-state index contributed by atoms with van der Waals surface area (Å²) in [6.07, 6.45) is 1.13. The summed E-state index contributed by atoms with van der Waals surface area (Å²) >= 11 is 2.03. The molecular weight excluding hydrogens is 258 g/mol. The molecule has 110 valence electrons. The second kappa shape index (κ2) is 6.95. The van der Waals surface area contributed by atoms with Crippen molar-refractivity contribution in [1.82, 2.24) is 15.1 Å². The number of carbonyl (C=O) groups excluding carboxylic acids is 1. The van der Waals surface area contributed by atoms with Crippen LogP contribution in [0.1, 0.15) is 27.2 Å². The summed E-state index contributed by atoms with van der Waals surface area (Å²) in [4.78, 5) is 16.9. The molecule has 0 aliphatic carbocycles. The van der Waals surface area contributed by atoms with Crippen LogP contribution in [0.5, 0.6) is 0 Å². The van der Waals surface area contributed by atoms with Gasteiger partial charge in [-0.1, -0.05) is 13.8 Å². The molecule has 0 radical (unpaired) electrons. The molecule has 2 rings (SSSR count). The van der Waals surface area contributed by atoms with E-state index in [4.69, 9.17) is 0 Å². The molecule has 1 N–H and O–H groups in total. The second-order valence-electron chi connectivity index (χ2n) is 6.01. The van der Waals surface area contributed by atoms with Gasteiger partial charge in [0.25, 0.3) is 0 Å². The van der Waals surface area contributed by atoms with Gasteiger partial charge >= 0.3 is 0 Å². The van der Waals surface area contributed by atoms with Gasteiger partial charge < -0.3 is 4.90 Å². The molecule has 0 saturated carbocycles. The Morgan fingerprint density at radius 1 is 1.32 bits per heavy atom. The Bertz CT molecular complexity index is 305. The van der Waals surface area contributed by atoms with Crippen LogP contribution in [0, 0.1) is 5.92 Å². The Morgan fingerprint density at radius 3 is 2.63 bits per heavy atom. The highest BCUT2D eigenvalue weighted by Crippen LogP contribution is 2.17. The van der Waals surface area contributed by atoms with Gasteiger partial charge in [0, 0.05) is 37.7 Å². The zero-order valence-electron chi connectivity index (χ0n) is 12.4. The fourth-order valence-electron chi connectivity index (χ4n) is 2.86. The summed E-state index contributed by atoms with van der Waals surface area (Å²) in [6, 6.07) is 0.0342. The third-order valence-electron chi connectivity index (χ3n) is 3.96. The van der Waals surface area contributed by atoms with E-state index in [1.165, 1.54) is 24.6 Å². The van der Waals surface area contributed by atoms with Crippen LogP contribution in [0.15, 0.2) is 0 Å². The van der Waals surface area contributed by atoms with Crippen LogP contribution in [-0.4, -0.2) is 65.6 Å². The smallest absolute Gasteiger partial charge is 0.241 e. The summed E-state index contributed by atoms with van der Waals surface area (Å²) in [5.41, 5.74) is 0. The zero-order chi connectivity index (χ0) is 13.8. The number of hydrogen-bond donors (Lipinski definition) is 1. The second-order valence-corrected chi connectivity index (χ2v) is 7.24. The molecule has 1 amide bonds. The van der Waals surface area contributed by atoms with Crippen molar-refractivity contribution < 1.29 is 4.79 Å². The van der Waals surface area contributed by atoms with Crippen LogP contribution in [0.2, 0.25) is 0 Å². The number of nitrogens with one attached hydrogen (secondary N) is 1. The Kier molecular flexibility index (Phi) is 5.54. The first kappa shape index (κ1) is 15.1. The molecule has 0 aromatic rings. The molecule has 19 heavy (non-hydrogen) atoms. The molecule has 2 atom stereocenters. The quantitative estimate of drug-likeness (QED) is 0.824. The molecule has 2 heterocycles. The lowest BCUT2D eigenvalue weighted by Gasteiger charge is -2.29. The van der Waals surface area contributed by atoms with Gasteiger partial charge in [-0.15, -0.1) is 0 Å². The Hall–Kier alpha value is -0.260. The summed E-state index contributed by atoms with van der Waals surface area (Å²) in [7, 11) is 0. The number of thioether (sulfide) groups is 1. The van der Waals surface area contributed by atoms with Crippen LogP contribution in [0.4, 0.5) is 0 Å². The first-order valence-corrected chi connectivity index (χ1v) is 8.60. The van der Waals surface area contributed by atoms with Gasteiger partial charge in [0.1, 0.15) is 0 Å². The van der Waals surface area contributed by atoms with E-state index in [1.807, 2.05) is 16.7 Å². The Morgan fingerprint density at radius 2 is 2.00 bits per heavy atom. The fourth-order valence-corrected chi connectivity index (χ4v) is 3.84. The lowest BCUT2D eigenvalue weighted by Crippen LogP contribution is -2.43. The van der Waals surface area contributed by atoms with Crippen molar-refractivity contribution in [3.8, 4) is 0 Å². The van der Waals surface area contributed by atoms with Gasteiger partial charge in [0.15, 0.2) is 0 Å². The molecule has 4 nitrogen and oxygen atoms in total. The average molecular weight is 285 g/mol. The number of carbonyl (C=O) groups is 1. The standard InChI is InChI=1S/C14H27N3OS/c1-11(2)10-13-14(18)17(12(3)15-13)5-4-16-6-8-19-9-7-16/h11-13,15H,4-10H2,1-3H3. The lowest BCUT2D eigenvalue weighted by molar-refractivity contribution is -0.130. The van der Waals surface area contributed by atoms with Crippen molar-refractivity contribution in [1.29, 1.82) is 0 Å². The molecule has 2 unspecified atom stereocenters. The number of nitrogens with zero attached hydrogens (tertiary/aromatic N) is 2. The first-order chi connectivity index (χ1) is 9.08. The molecule has 0 aromatic carbocycles. The maximum absolute atomic E-state index is 12.4. The van der Waals surface area contributed by atoms with E-state index in [0.717, 1.165) is 19.5 Å². The molecule has 0 aromatic heterocycles. The normalized spacial score (nSPS) is 29.5. The topological polar surface area (TPSA) is 35.6 Å².